The number of carbonyl (C=O) groups excluding carboxylic acids is 3. The maximum atomic E-state index is 12.8. The van der Waals surface area contributed by atoms with Gasteiger partial charge in [-0.2, -0.15) is 0 Å². The average molecular weight is 500 g/mol. The van der Waals surface area contributed by atoms with Crippen molar-refractivity contribution in [2.45, 2.75) is 26.0 Å². The van der Waals surface area contributed by atoms with E-state index in [1.165, 1.54) is 4.90 Å². The van der Waals surface area contributed by atoms with Crippen molar-refractivity contribution >= 4 is 35.1 Å². The minimum atomic E-state index is -0.881. The molecular weight excluding hydrogens is 470 g/mol. The van der Waals surface area contributed by atoms with Gasteiger partial charge in [0.25, 0.3) is 5.91 Å². The predicted octanol–water partition coefficient (Wildman–Crippen LogP) is 2.05. The molecule has 3 rings (SSSR count). The number of rotatable bonds is 10. The number of thiocarbonyl (C=S) groups is 1. The fourth-order valence-corrected chi connectivity index (χ4v) is 3.76. The quantitative estimate of drug-likeness (QED) is 0.291. The van der Waals surface area contributed by atoms with Crippen molar-refractivity contribution in [3.8, 4) is 5.75 Å². The highest BCUT2D eigenvalue weighted by atomic mass is 32.1. The van der Waals surface area contributed by atoms with Gasteiger partial charge in [0.05, 0.1) is 13.0 Å². The molecule has 0 spiro atoms. The van der Waals surface area contributed by atoms with Crippen LogP contribution in [0.3, 0.4) is 0 Å². The van der Waals surface area contributed by atoms with Gasteiger partial charge < -0.3 is 24.4 Å². The molecule has 1 aliphatic rings. The summed E-state index contributed by atoms with van der Waals surface area (Å²) < 4.78 is 16.2. The maximum Gasteiger partial charge on any atom is 0.308 e. The Kier molecular flexibility index (Phi) is 10.00. The van der Waals surface area contributed by atoms with E-state index in [9.17, 15) is 14.4 Å². The number of carbonyl (C=O) groups is 3. The van der Waals surface area contributed by atoms with Gasteiger partial charge >= 0.3 is 5.97 Å². The molecule has 1 saturated heterocycles. The maximum absolute atomic E-state index is 12.8. The number of benzene rings is 2. The molecule has 10 heteroatoms. The molecule has 1 heterocycles. The van der Waals surface area contributed by atoms with Gasteiger partial charge in [-0.1, -0.05) is 36.4 Å². The lowest BCUT2D eigenvalue weighted by Crippen LogP contribution is -2.60. The molecule has 0 aliphatic carbocycles. The Hall–Kier alpha value is -3.50. The first-order valence-electron chi connectivity index (χ1n) is 11.4. The zero-order valence-electron chi connectivity index (χ0n) is 19.5. The molecule has 2 amide bonds. The fourth-order valence-electron chi connectivity index (χ4n) is 3.45. The van der Waals surface area contributed by atoms with Crippen molar-refractivity contribution in [3.63, 3.8) is 0 Å². The second-order valence-corrected chi connectivity index (χ2v) is 8.07. The number of nitrogens with one attached hydrogen (secondary N) is 2. The van der Waals surface area contributed by atoms with E-state index < -0.39 is 17.9 Å². The summed E-state index contributed by atoms with van der Waals surface area (Å²) in [5.41, 5.74) is 1.19. The first-order valence-corrected chi connectivity index (χ1v) is 11.8. The molecule has 1 fully saturated rings. The monoisotopic (exact) mass is 499 g/mol. The molecule has 1 unspecified atom stereocenters. The van der Waals surface area contributed by atoms with Crippen LogP contribution in [0.2, 0.25) is 0 Å². The van der Waals surface area contributed by atoms with Crippen molar-refractivity contribution < 1.29 is 28.6 Å². The Morgan fingerprint density at radius 2 is 1.94 bits per heavy atom. The second kappa shape index (κ2) is 13.4. The molecule has 0 aromatic heterocycles. The van der Waals surface area contributed by atoms with Gasteiger partial charge in [-0.15, -0.1) is 0 Å². The fraction of sp³-hybridized carbons (Fsp3) is 0.360. The van der Waals surface area contributed by atoms with Crippen LogP contribution in [0, 0.1) is 0 Å². The van der Waals surface area contributed by atoms with Crippen LogP contribution in [-0.4, -0.2) is 66.7 Å². The summed E-state index contributed by atoms with van der Waals surface area (Å²) in [7, 11) is 0. The number of piperazine rings is 1. The normalized spacial score (nSPS) is 15.2. The molecule has 2 aromatic carbocycles. The second-order valence-electron chi connectivity index (χ2n) is 7.68. The van der Waals surface area contributed by atoms with E-state index in [1.54, 1.807) is 24.3 Å². The van der Waals surface area contributed by atoms with Gasteiger partial charge in [-0.25, -0.2) is 0 Å². The third-order valence-corrected chi connectivity index (χ3v) is 5.55. The Labute approximate surface area is 209 Å². The van der Waals surface area contributed by atoms with E-state index in [-0.39, 0.29) is 24.0 Å². The summed E-state index contributed by atoms with van der Waals surface area (Å²) in [6, 6.07) is 15.1. The lowest BCUT2D eigenvalue weighted by molar-refractivity contribution is -0.148. The summed E-state index contributed by atoms with van der Waals surface area (Å²) in [5.74, 6) is -0.803. The zero-order valence-corrected chi connectivity index (χ0v) is 20.3. The first kappa shape index (κ1) is 26.1. The van der Waals surface area contributed by atoms with Crippen molar-refractivity contribution in [2.24, 2.45) is 0 Å². The Morgan fingerprint density at radius 3 is 2.71 bits per heavy atom. The molecule has 0 bridgehead atoms. The summed E-state index contributed by atoms with van der Waals surface area (Å²) >= 11 is 5.42. The molecule has 2 aromatic rings. The summed E-state index contributed by atoms with van der Waals surface area (Å²) in [5, 5.41) is 5.45. The van der Waals surface area contributed by atoms with Gasteiger partial charge in [0.2, 0.25) is 5.91 Å². The summed E-state index contributed by atoms with van der Waals surface area (Å²) in [6.45, 7) is 4.11. The largest absolute Gasteiger partial charge is 0.491 e. The van der Waals surface area contributed by atoms with Gasteiger partial charge in [0.15, 0.2) is 5.11 Å². The van der Waals surface area contributed by atoms with Crippen LogP contribution in [0.1, 0.15) is 29.3 Å². The highest BCUT2D eigenvalue weighted by Gasteiger charge is 2.34. The topological polar surface area (TPSA) is 106 Å². The third-order valence-electron chi connectivity index (χ3n) is 5.21. The standard InChI is InChI=1S/C25H29N3O6S/c1-2-32-13-14-33-20-10-6-9-19(15-20)23(30)27-25(35)28-12-11-26-24(31)21(28)16-22(29)34-17-18-7-4-3-5-8-18/h3-10,15,21H,2,11-14,16-17H2,1H3,(H,26,31)(H,27,30,35). The van der Waals surface area contributed by atoms with Crippen molar-refractivity contribution in [3.05, 3.63) is 65.7 Å². The molecular formula is C25H29N3O6S. The van der Waals surface area contributed by atoms with E-state index in [2.05, 4.69) is 10.6 Å². The zero-order chi connectivity index (χ0) is 25.0. The van der Waals surface area contributed by atoms with Gasteiger partial charge in [-0.3, -0.25) is 19.7 Å². The van der Waals surface area contributed by atoms with Crippen molar-refractivity contribution in [1.29, 1.82) is 0 Å². The predicted molar refractivity (Wildman–Crippen MR) is 133 cm³/mol. The van der Waals surface area contributed by atoms with Crippen LogP contribution in [0.5, 0.6) is 5.75 Å². The molecule has 1 aliphatic heterocycles. The number of ether oxygens (including phenoxy) is 3. The molecule has 35 heavy (non-hydrogen) atoms. The lowest BCUT2D eigenvalue weighted by Gasteiger charge is -2.36. The van der Waals surface area contributed by atoms with E-state index in [1.807, 2.05) is 37.3 Å². The summed E-state index contributed by atoms with van der Waals surface area (Å²) in [6.07, 6.45) is -0.197. The lowest BCUT2D eigenvalue weighted by atomic mass is 10.1. The molecule has 1 atom stereocenters. The Morgan fingerprint density at radius 1 is 1.14 bits per heavy atom. The minimum Gasteiger partial charge on any atom is -0.491 e. The van der Waals surface area contributed by atoms with Crippen LogP contribution >= 0.6 is 12.2 Å². The van der Waals surface area contributed by atoms with Crippen LogP contribution < -0.4 is 15.4 Å². The van der Waals surface area contributed by atoms with E-state index >= 15 is 0 Å². The minimum absolute atomic E-state index is 0.0633. The van der Waals surface area contributed by atoms with E-state index in [4.69, 9.17) is 26.4 Å². The molecule has 2 N–H and O–H groups in total. The van der Waals surface area contributed by atoms with Crippen LogP contribution in [0.4, 0.5) is 0 Å². The van der Waals surface area contributed by atoms with Gasteiger partial charge in [0, 0.05) is 25.3 Å². The summed E-state index contributed by atoms with van der Waals surface area (Å²) in [4.78, 5) is 39.3. The molecule has 0 saturated carbocycles. The van der Waals surface area contributed by atoms with Crippen molar-refractivity contribution in [2.75, 3.05) is 32.9 Å². The highest BCUT2D eigenvalue weighted by molar-refractivity contribution is 7.80. The number of nitrogens with zero attached hydrogens (tertiary/aromatic N) is 1. The number of hydrogen-bond donors (Lipinski definition) is 2. The SMILES string of the molecule is CCOCCOc1cccc(C(=O)NC(=S)N2CCNC(=O)C2CC(=O)OCc2ccccc2)c1. The van der Waals surface area contributed by atoms with Gasteiger partial charge in [-0.05, 0) is 42.9 Å². The molecule has 186 valence electrons. The van der Waals surface area contributed by atoms with E-state index in [0.717, 1.165) is 5.56 Å². The third kappa shape index (κ3) is 8.04. The number of hydrogen-bond acceptors (Lipinski definition) is 7. The Bertz CT molecular complexity index is 1030. The van der Waals surface area contributed by atoms with E-state index in [0.29, 0.717) is 44.2 Å². The van der Waals surface area contributed by atoms with Crippen LogP contribution in [0.25, 0.3) is 0 Å². The smallest absolute Gasteiger partial charge is 0.308 e. The van der Waals surface area contributed by atoms with Gasteiger partial charge in [0.1, 0.15) is 25.0 Å². The highest BCUT2D eigenvalue weighted by Crippen LogP contribution is 2.15. The molecule has 9 nitrogen and oxygen atoms in total. The first-order chi connectivity index (χ1) is 17.0. The number of esters is 1. The van der Waals surface area contributed by atoms with Crippen LogP contribution in [0.15, 0.2) is 54.6 Å². The number of amides is 2. The van der Waals surface area contributed by atoms with Crippen molar-refractivity contribution in [1.82, 2.24) is 15.5 Å². The molecule has 0 radical (unpaired) electrons. The average Bonchev–Trinajstić information content (AvgIpc) is 2.87. The van der Waals surface area contributed by atoms with Crippen LogP contribution in [-0.2, 0) is 25.7 Å². The Balaban J connectivity index is 1.57.